The van der Waals surface area contributed by atoms with Crippen LogP contribution in [-0.2, 0) is 9.59 Å². The second-order valence-electron chi connectivity index (χ2n) is 1.30. The summed E-state index contributed by atoms with van der Waals surface area (Å²) in [6, 6.07) is 0. The van der Waals surface area contributed by atoms with Crippen LogP contribution < -0.4 is 0 Å². The van der Waals surface area contributed by atoms with Gasteiger partial charge >= 0.3 is 0 Å². The maximum Gasteiger partial charge on any atom is 0.231 e. The molecule has 4 nitrogen and oxygen atoms in total. The second kappa shape index (κ2) is 15.7. The molecule has 0 unspecified atom stereocenters. The quantitative estimate of drug-likeness (QED) is 0.405. The third-order valence-corrected chi connectivity index (χ3v) is 0.655. The Morgan fingerprint density at radius 3 is 1.36 bits per heavy atom. The minimum absolute atomic E-state index is 0.750. The third kappa shape index (κ3) is 30.6. The molecular formula is C7H8N2O2. The Balaban J connectivity index is 0. The van der Waals surface area contributed by atoms with Crippen molar-refractivity contribution < 1.29 is 9.59 Å². The fourth-order valence-electron chi connectivity index (χ4n) is 0.393. The van der Waals surface area contributed by atoms with Gasteiger partial charge in [0.1, 0.15) is 0 Å². The van der Waals surface area contributed by atoms with Crippen molar-refractivity contribution >= 4 is 12.2 Å². The van der Waals surface area contributed by atoms with Gasteiger partial charge in [0.2, 0.25) is 12.2 Å². The standard InChI is InChI=1S/C5H6.2CHNO/c1-2-4-5-3-1;2*2-1-3/h1-4H,5H2;2*2H. The van der Waals surface area contributed by atoms with Crippen molar-refractivity contribution in [1.82, 2.24) is 0 Å². The number of hydrogen-bond donors (Lipinski definition) is 2. The lowest BCUT2D eigenvalue weighted by Gasteiger charge is -1.57. The summed E-state index contributed by atoms with van der Waals surface area (Å²) >= 11 is 0. The van der Waals surface area contributed by atoms with Gasteiger partial charge < -0.3 is 0 Å². The summed E-state index contributed by atoms with van der Waals surface area (Å²) in [6.45, 7) is 0. The summed E-state index contributed by atoms with van der Waals surface area (Å²) in [7, 11) is 0. The van der Waals surface area contributed by atoms with E-state index in [9.17, 15) is 0 Å². The molecule has 0 aliphatic heterocycles. The highest BCUT2D eigenvalue weighted by Crippen LogP contribution is 1.93. The molecule has 0 fully saturated rings. The van der Waals surface area contributed by atoms with Crippen LogP contribution in [-0.4, -0.2) is 12.2 Å². The number of hydrogen-bond acceptors (Lipinski definition) is 4. The molecule has 4 heteroatoms. The normalized spacial score (nSPS) is 9.45. The van der Waals surface area contributed by atoms with Crippen LogP contribution in [0, 0.1) is 10.8 Å². The minimum atomic E-state index is 0.750. The highest BCUT2D eigenvalue weighted by Gasteiger charge is 1.72. The monoisotopic (exact) mass is 152 g/mol. The van der Waals surface area contributed by atoms with Crippen molar-refractivity contribution in [2.75, 3.05) is 0 Å². The van der Waals surface area contributed by atoms with E-state index >= 15 is 0 Å². The highest BCUT2D eigenvalue weighted by molar-refractivity contribution is 5.26. The fourth-order valence-corrected chi connectivity index (χ4v) is 0.393. The Bertz CT molecular complexity index is 172. The van der Waals surface area contributed by atoms with Crippen molar-refractivity contribution in [2.24, 2.45) is 0 Å². The van der Waals surface area contributed by atoms with Crippen LogP contribution in [0.5, 0.6) is 0 Å². The second-order valence-corrected chi connectivity index (χ2v) is 1.30. The lowest BCUT2D eigenvalue weighted by atomic mass is 10.5. The van der Waals surface area contributed by atoms with E-state index in [0.717, 1.165) is 18.6 Å². The predicted molar refractivity (Wildman–Crippen MR) is 39.7 cm³/mol. The first kappa shape index (κ1) is 12.0. The Labute approximate surface area is 64.2 Å². The molecule has 0 atom stereocenters. The van der Waals surface area contributed by atoms with Crippen LogP contribution in [0.3, 0.4) is 0 Å². The zero-order valence-corrected chi connectivity index (χ0v) is 5.83. The number of nitrogens with one attached hydrogen (secondary N) is 2. The van der Waals surface area contributed by atoms with Gasteiger partial charge in [-0.3, -0.25) is 0 Å². The SMILES string of the molecule is C1=CCC=C1.N=C=O.N=C=O. The van der Waals surface area contributed by atoms with Gasteiger partial charge in [-0.2, -0.15) is 0 Å². The fraction of sp³-hybridized carbons (Fsp3) is 0.143. The van der Waals surface area contributed by atoms with E-state index < -0.39 is 0 Å². The smallest absolute Gasteiger partial charge is 0.222 e. The van der Waals surface area contributed by atoms with Crippen molar-refractivity contribution in [1.29, 1.82) is 10.8 Å². The maximum absolute atomic E-state index is 8.35. The summed E-state index contributed by atoms with van der Waals surface area (Å²) in [6.07, 6.45) is 11.0. The van der Waals surface area contributed by atoms with Crippen LogP contribution in [0.4, 0.5) is 0 Å². The van der Waals surface area contributed by atoms with Gasteiger partial charge in [-0.25, -0.2) is 20.4 Å². The van der Waals surface area contributed by atoms with E-state index in [4.69, 9.17) is 20.4 Å². The first-order chi connectivity index (χ1) is 5.33. The van der Waals surface area contributed by atoms with Crippen LogP contribution in [0.25, 0.3) is 0 Å². The van der Waals surface area contributed by atoms with Gasteiger partial charge in [0.05, 0.1) is 0 Å². The Morgan fingerprint density at radius 2 is 1.27 bits per heavy atom. The summed E-state index contributed by atoms with van der Waals surface area (Å²) in [5, 5.41) is 10.8. The summed E-state index contributed by atoms with van der Waals surface area (Å²) in [5.41, 5.74) is 0. The number of carbonyl (C=O) groups excluding carboxylic acids is 2. The van der Waals surface area contributed by atoms with Gasteiger partial charge in [0.25, 0.3) is 0 Å². The van der Waals surface area contributed by atoms with Crippen molar-refractivity contribution in [2.45, 2.75) is 6.42 Å². The van der Waals surface area contributed by atoms with Gasteiger partial charge in [-0.15, -0.1) is 0 Å². The van der Waals surface area contributed by atoms with Crippen LogP contribution >= 0.6 is 0 Å². The largest absolute Gasteiger partial charge is 0.231 e. The average molecular weight is 152 g/mol. The molecule has 0 aromatic rings. The zero-order valence-electron chi connectivity index (χ0n) is 5.83. The van der Waals surface area contributed by atoms with Gasteiger partial charge in [0, 0.05) is 0 Å². The number of rotatable bonds is 0. The van der Waals surface area contributed by atoms with Crippen molar-refractivity contribution in [3.05, 3.63) is 24.3 Å². The zero-order chi connectivity index (χ0) is 8.95. The minimum Gasteiger partial charge on any atom is -0.222 e. The van der Waals surface area contributed by atoms with E-state index in [-0.39, 0.29) is 0 Å². The van der Waals surface area contributed by atoms with E-state index in [1.165, 1.54) is 0 Å². The topological polar surface area (TPSA) is 81.8 Å². The van der Waals surface area contributed by atoms with Crippen molar-refractivity contribution in [3.63, 3.8) is 0 Å². The van der Waals surface area contributed by atoms with Gasteiger partial charge in [-0.05, 0) is 6.42 Å². The van der Waals surface area contributed by atoms with E-state index in [1.807, 2.05) is 0 Å². The summed E-state index contributed by atoms with van der Waals surface area (Å²) in [4.78, 5) is 16.7. The average Bonchev–Trinajstić information content (AvgIpc) is 2.44. The first-order valence-corrected chi connectivity index (χ1v) is 2.72. The highest BCUT2D eigenvalue weighted by atomic mass is 16.1. The van der Waals surface area contributed by atoms with Crippen LogP contribution in [0.1, 0.15) is 6.42 Å². The molecule has 1 aliphatic carbocycles. The Morgan fingerprint density at radius 1 is 1.00 bits per heavy atom. The molecule has 0 aromatic heterocycles. The molecule has 0 bridgehead atoms. The molecule has 1 rings (SSSR count). The molecule has 0 spiro atoms. The van der Waals surface area contributed by atoms with Crippen LogP contribution in [0.2, 0.25) is 0 Å². The number of allylic oxidation sites excluding steroid dienone is 4. The lowest BCUT2D eigenvalue weighted by molar-refractivity contribution is 0.562. The van der Waals surface area contributed by atoms with Gasteiger partial charge in [0.15, 0.2) is 0 Å². The van der Waals surface area contributed by atoms with Gasteiger partial charge in [-0.1, -0.05) is 24.3 Å². The Hall–Kier alpha value is -1.76. The maximum atomic E-state index is 8.35. The molecule has 58 valence electrons. The lowest BCUT2D eigenvalue weighted by Crippen LogP contribution is -1.37. The molecule has 0 heterocycles. The van der Waals surface area contributed by atoms with E-state index in [2.05, 4.69) is 24.3 Å². The first-order valence-electron chi connectivity index (χ1n) is 2.72. The molecule has 0 saturated carbocycles. The Kier molecular flexibility index (Phi) is 17.1. The van der Waals surface area contributed by atoms with Crippen LogP contribution in [0.15, 0.2) is 24.3 Å². The molecule has 2 N–H and O–H groups in total. The molecule has 0 aromatic carbocycles. The predicted octanol–water partition coefficient (Wildman–Crippen LogP) is 1.30. The summed E-state index contributed by atoms with van der Waals surface area (Å²) < 4.78 is 0. The third-order valence-electron chi connectivity index (χ3n) is 0.655. The number of isocyanates is 2. The van der Waals surface area contributed by atoms with Crippen molar-refractivity contribution in [3.8, 4) is 0 Å². The van der Waals surface area contributed by atoms with E-state index in [0.29, 0.717) is 0 Å². The molecule has 0 amide bonds. The molecule has 1 aliphatic rings. The molecule has 11 heavy (non-hydrogen) atoms. The molecule has 0 radical (unpaired) electrons. The summed E-state index contributed by atoms with van der Waals surface area (Å²) in [5.74, 6) is 0. The molecular weight excluding hydrogens is 144 g/mol. The van der Waals surface area contributed by atoms with E-state index in [1.54, 1.807) is 0 Å². The molecule has 0 saturated heterocycles.